The molecule has 0 amide bonds. The average molecular weight is 539 g/mol. The van der Waals surface area contributed by atoms with Crippen molar-refractivity contribution in [1.82, 2.24) is 24.5 Å². The molecule has 7 nitrogen and oxygen atoms in total. The van der Waals surface area contributed by atoms with Crippen molar-refractivity contribution in [3.63, 3.8) is 0 Å². The monoisotopic (exact) mass is 538 g/mol. The molecule has 1 aliphatic rings. The van der Waals surface area contributed by atoms with E-state index in [4.69, 9.17) is 15.5 Å². The Hall–Kier alpha value is -2.60. The normalized spacial score (nSPS) is 17.4. The summed E-state index contributed by atoms with van der Waals surface area (Å²) in [7, 11) is 0. The van der Waals surface area contributed by atoms with Crippen molar-refractivity contribution < 1.29 is 17.9 Å². The number of halogens is 4. The number of rotatable bonds is 7. The fraction of sp³-hybridized carbons (Fsp3) is 0.375. The Kier molecular flexibility index (Phi) is 7.93. The van der Waals surface area contributed by atoms with Gasteiger partial charge in [-0.25, -0.2) is 4.98 Å². The number of aromatic nitrogens is 4. The molecule has 0 spiro atoms. The first kappa shape index (κ1) is 26.5. The predicted octanol–water partition coefficient (Wildman–Crippen LogP) is 4.74. The fourth-order valence-electron chi connectivity index (χ4n) is 4.45. The van der Waals surface area contributed by atoms with Crippen LogP contribution in [0.4, 0.5) is 13.2 Å². The van der Waals surface area contributed by atoms with Crippen LogP contribution in [0.2, 0.25) is 0 Å². The van der Waals surface area contributed by atoms with E-state index in [1.165, 1.54) is 17.2 Å². The van der Waals surface area contributed by atoms with Crippen LogP contribution in [-0.2, 0) is 0 Å². The molecule has 1 fully saturated rings. The Morgan fingerprint density at radius 2 is 1.97 bits per heavy atom. The molecule has 2 N–H and O–H groups in total. The van der Waals surface area contributed by atoms with Crippen molar-refractivity contribution in [3.8, 4) is 17.3 Å². The molecule has 5 rings (SSSR count). The maximum absolute atomic E-state index is 14.1. The lowest BCUT2D eigenvalue weighted by molar-refractivity contribution is -0.183. The van der Waals surface area contributed by atoms with Crippen LogP contribution in [0.15, 0.2) is 48.7 Å². The summed E-state index contributed by atoms with van der Waals surface area (Å²) in [6, 6.07) is 10.4. The maximum atomic E-state index is 14.1. The second-order valence-electron chi connectivity index (χ2n) is 8.59. The van der Waals surface area contributed by atoms with Gasteiger partial charge in [-0.3, -0.25) is 9.30 Å². The van der Waals surface area contributed by atoms with Gasteiger partial charge >= 0.3 is 6.18 Å². The number of nitrogens with two attached hydrogens (primary N) is 1. The molecule has 3 aromatic heterocycles. The summed E-state index contributed by atoms with van der Waals surface area (Å²) in [5, 5.41) is 9.29. The molecule has 1 aliphatic heterocycles. The minimum absolute atomic E-state index is 0. The first-order valence-electron chi connectivity index (χ1n) is 11.3. The van der Waals surface area contributed by atoms with Crippen molar-refractivity contribution in [2.75, 3.05) is 31.7 Å². The van der Waals surface area contributed by atoms with Gasteiger partial charge in [-0.05, 0) is 42.5 Å². The Labute approximate surface area is 216 Å². The summed E-state index contributed by atoms with van der Waals surface area (Å²) < 4.78 is 49.7. The second kappa shape index (κ2) is 10.8. The van der Waals surface area contributed by atoms with Crippen molar-refractivity contribution >= 4 is 40.7 Å². The van der Waals surface area contributed by atoms with E-state index in [0.29, 0.717) is 48.0 Å². The van der Waals surface area contributed by atoms with Crippen molar-refractivity contribution in [2.24, 2.45) is 5.73 Å². The van der Waals surface area contributed by atoms with Gasteiger partial charge in [-0.2, -0.15) is 24.9 Å². The number of fused-ring (bicyclic) bond motifs is 2. The van der Waals surface area contributed by atoms with Crippen molar-refractivity contribution in [3.05, 3.63) is 54.2 Å². The van der Waals surface area contributed by atoms with Crippen LogP contribution >= 0.6 is 24.2 Å². The zero-order valence-corrected chi connectivity index (χ0v) is 21.1. The number of ether oxygens (including phenoxy) is 1. The van der Waals surface area contributed by atoms with E-state index in [-0.39, 0.29) is 30.6 Å². The molecule has 12 heteroatoms. The summed E-state index contributed by atoms with van der Waals surface area (Å²) in [4.78, 5) is 6.10. The molecule has 0 aliphatic carbocycles. The van der Waals surface area contributed by atoms with Crippen LogP contribution in [0.25, 0.3) is 28.1 Å². The van der Waals surface area contributed by atoms with Gasteiger partial charge in [0.25, 0.3) is 0 Å². The molecule has 4 heterocycles. The highest BCUT2D eigenvalue weighted by molar-refractivity contribution is 7.98. The van der Waals surface area contributed by atoms with Gasteiger partial charge in [-0.1, -0.05) is 12.1 Å². The van der Waals surface area contributed by atoms with Gasteiger partial charge in [0.1, 0.15) is 17.5 Å². The van der Waals surface area contributed by atoms with Crippen LogP contribution < -0.4 is 10.5 Å². The molecule has 1 saturated heterocycles. The first-order chi connectivity index (χ1) is 16.8. The average Bonchev–Trinajstić information content (AvgIpc) is 3.44. The van der Waals surface area contributed by atoms with Gasteiger partial charge in [0.05, 0.1) is 12.1 Å². The number of likely N-dealkylation sites (tertiary alicyclic amines) is 1. The lowest BCUT2D eigenvalue weighted by atomic mass is 10.1. The standard InChI is InChI=1S/C24H25F3N6OS.ClH/c1-35-11-10-34-18-5-2-15-3-6-19(29-20(15)12-18)23-31-30-21-7-4-16(13-33(21)23)22(24(25,26)27)32-9-8-17(28)14-32;/h2-7,12-13,17,22H,8-11,14,28H2,1H3;1H/t17-,22+;/m0./s1. The Morgan fingerprint density at radius 1 is 1.17 bits per heavy atom. The SMILES string of the molecule is CSCCOc1ccc2ccc(-c3nnc4ccc([C@@H](N5CC[C@H](N)C5)C(F)(F)F)cn34)nc2c1.Cl. The lowest BCUT2D eigenvalue weighted by Gasteiger charge is -2.30. The van der Waals surface area contributed by atoms with Gasteiger partial charge in [-0.15, -0.1) is 22.6 Å². The van der Waals surface area contributed by atoms with Crippen LogP contribution in [0.3, 0.4) is 0 Å². The van der Waals surface area contributed by atoms with E-state index in [2.05, 4.69) is 10.2 Å². The minimum atomic E-state index is -4.44. The van der Waals surface area contributed by atoms with E-state index in [1.807, 2.05) is 30.5 Å². The smallest absolute Gasteiger partial charge is 0.408 e. The molecule has 2 atom stereocenters. The minimum Gasteiger partial charge on any atom is -0.493 e. The second-order valence-corrected chi connectivity index (χ2v) is 9.58. The molecule has 192 valence electrons. The van der Waals surface area contributed by atoms with Gasteiger partial charge < -0.3 is 10.5 Å². The third-order valence-corrected chi connectivity index (χ3v) is 6.70. The highest BCUT2D eigenvalue weighted by Crippen LogP contribution is 2.39. The van der Waals surface area contributed by atoms with Crippen LogP contribution in [0, 0.1) is 0 Å². The maximum Gasteiger partial charge on any atom is 0.408 e. The summed E-state index contributed by atoms with van der Waals surface area (Å²) >= 11 is 1.70. The molecular formula is C24H26ClF3N6OS. The fourth-order valence-corrected chi connectivity index (χ4v) is 4.70. The van der Waals surface area contributed by atoms with E-state index < -0.39 is 12.2 Å². The molecule has 0 saturated carbocycles. The molecule has 0 bridgehead atoms. The summed E-state index contributed by atoms with van der Waals surface area (Å²) in [5.41, 5.74) is 7.67. The highest BCUT2D eigenvalue weighted by atomic mass is 35.5. The molecular weight excluding hydrogens is 513 g/mol. The Morgan fingerprint density at radius 3 is 2.69 bits per heavy atom. The number of alkyl halides is 3. The molecule has 1 aromatic carbocycles. The van der Waals surface area contributed by atoms with Crippen molar-refractivity contribution in [2.45, 2.75) is 24.7 Å². The highest BCUT2D eigenvalue weighted by Gasteiger charge is 2.46. The van der Waals surface area contributed by atoms with E-state index in [0.717, 1.165) is 11.1 Å². The number of thioether (sulfide) groups is 1. The van der Waals surface area contributed by atoms with Crippen molar-refractivity contribution in [1.29, 1.82) is 0 Å². The van der Waals surface area contributed by atoms with Crippen LogP contribution in [-0.4, -0.2) is 68.4 Å². The zero-order valence-electron chi connectivity index (χ0n) is 19.5. The quantitative estimate of drug-likeness (QED) is 0.340. The predicted molar refractivity (Wildman–Crippen MR) is 138 cm³/mol. The number of hydrogen-bond acceptors (Lipinski definition) is 7. The summed E-state index contributed by atoms with van der Waals surface area (Å²) in [6.07, 6.45) is -0.431. The van der Waals surface area contributed by atoms with Gasteiger partial charge in [0.2, 0.25) is 0 Å². The number of hydrogen-bond donors (Lipinski definition) is 1. The molecule has 36 heavy (non-hydrogen) atoms. The van der Waals surface area contributed by atoms with E-state index in [9.17, 15) is 13.2 Å². The third kappa shape index (κ3) is 5.39. The first-order valence-corrected chi connectivity index (χ1v) is 12.7. The topological polar surface area (TPSA) is 81.6 Å². The largest absolute Gasteiger partial charge is 0.493 e. The molecule has 0 unspecified atom stereocenters. The van der Waals surface area contributed by atoms with Gasteiger partial charge in [0, 0.05) is 42.5 Å². The summed E-state index contributed by atoms with van der Waals surface area (Å²) in [6.45, 7) is 1.09. The van der Waals surface area contributed by atoms with Crippen LogP contribution in [0.5, 0.6) is 5.75 Å². The number of nitrogens with zero attached hydrogens (tertiary/aromatic N) is 5. The lowest BCUT2D eigenvalue weighted by Crippen LogP contribution is -2.38. The Bertz CT molecular complexity index is 1350. The Balaban J connectivity index is 0.00000304. The van der Waals surface area contributed by atoms with Crippen LogP contribution in [0.1, 0.15) is 18.0 Å². The van der Waals surface area contributed by atoms with Gasteiger partial charge in [0.15, 0.2) is 11.5 Å². The summed E-state index contributed by atoms with van der Waals surface area (Å²) in [5.74, 6) is 1.96. The molecule has 0 radical (unpaired) electrons. The number of pyridine rings is 2. The number of benzene rings is 1. The van der Waals surface area contributed by atoms with E-state index in [1.54, 1.807) is 28.3 Å². The third-order valence-electron chi connectivity index (χ3n) is 6.12. The molecule has 4 aromatic rings. The van der Waals surface area contributed by atoms with E-state index >= 15 is 0 Å². The zero-order chi connectivity index (χ0) is 24.6.